The molecule has 0 amide bonds. The van der Waals surface area contributed by atoms with Crippen molar-refractivity contribution in [3.05, 3.63) is 0 Å². The highest BCUT2D eigenvalue weighted by molar-refractivity contribution is 6.12. The van der Waals surface area contributed by atoms with Gasteiger partial charge in [0.15, 0.2) is 0 Å². The van der Waals surface area contributed by atoms with E-state index in [0.29, 0.717) is 11.7 Å². The Morgan fingerprint density at radius 1 is 1.30 bits per heavy atom. The third-order valence-electron chi connectivity index (χ3n) is 2.88. The minimum atomic E-state index is 0.286. The second-order valence-corrected chi connectivity index (χ2v) is 3.99. The minimum absolute atomic E-state index is 0.286. The molecule has 0 aliphatic rings. The largest absolute Gasteiger partial charge is 0.0724 e. The summed E-state index contributed by atoms with van der Waals surface area (Å²) < 4.78 is 0. The van der Waals surface area contributed by atoms with Crippen molar-refractivity contribution in [3.8, 4) is 0 Å². The smallest absolute Gasteiger partial charge is 0.0706 e. The lowest BCUT2D eigenvalue weighted by molar-refractivity contribution is 0.228. The molecule has 0 saturated heterocycles. The van der Waals surface area contributed by atoms with Crippen LogP contribution in [0.25, 0.3) is 0 Å². The van der Waals surface area contributed by atoms with Gasteiger partial charge in [-0.15, -0.1) is 0 Å². The molecule has 0 saturated carbocycles. The van der Waals surface area contributed by atoms with Gasteiger partial charge < -0.3 is 0 Å². The summed E-state index contributed by atoms with van der Waals surface area (Å²) in [5.74, 6) is 1.01. The lowest BCUT2D eigenvalue weighted by atomic mass is 9.61. The summed E-state index contributed by atoms with van der Waals surface area (Å²) in [6.07, 6.45) is 1.07. The van der Waals surface area contributed by atoms with Crippen LogP contribution in [0.15, 0.2) is 0 Å². The van der Waals surface area contributed by atoms with Crippen molar-refractivity contribution >= 4 is 7.85 Å². The van der Waals surface area contributed by atoms with Crippen LogP contribution in [0, 0.1) is 11.3 Å². The third-order valence-corrected chi connectivity index (χ3v) is 2.88. The van der Waals surface area contributed by atoms with Gasteiger partial charge in [-0.2, -0.15) is 0 Å². The maximum atomic E-state index is 5.95. The molecule has 1 heteroatoms. The van der Waals surface area contributed by atoms with E-state index in [1.807, 2.05) is 0 Å². The van der Waals surface area contributed by atoms with Crippen LogP contribution in [0.3, 0.4) is 0 Å². The first-order valence-corrected chi connectivity index (χ1v) is 4.18. The molecular formula is C9H19B. The van der Waals surface area contributed by atoms with E-state index >= 15 is 0 Å². The van der Waals surface area contributed by atoms with Crippen molar-refractivity contribution in [2.45, 2.75) is 46.9 Å². The molecular weight excluding hydrogens is 119 g/mol. The summed E-state index contributed by atoms with van der Waals surface area (Å²) in [7, 11) is 5.95. The Kier molecular flexibility index (Phi) is 3.48. The summed E-state index contributed by atoms with van der Waals surface area (Å²) >= 11 is 0. The van der Waals surface area contributed by atoms with E-state index in [1.165, 1.54) is 0 Å². The molecule has 0 N–H and O–H groups in total. The fraction of sp³-hybridized carbons (Fsp3) is 1.00. The zero-order valence-electron chi connectivity index (χ0n) is 7.94. The zero-order valence-corrected chi connectivity index (χ0v) is 7.94. The SMILES string of the molecule is [B]C(CC)C(C)(C)C(C)C. The first-order valence-electron chi connectivity index (χ1n) is 4.18. The van der Waals surface area contributed by atoms with E-state index in [0.717, 1.165) is 6.42 Å². The Balaban J connectivity index is 4.09. The molecule has 0 aromatic rings. The minimum Gasteiger partial charge on any atom is -0.0724 e. The number of rotatable bonds is 3. The monoisotopic (exact) mass is 138 g/mol. The molecule has 0 spiro atoms. The molecule has 0 aliphatic heterocycles. The first-order chi connectivity index (χ1) is 4.42. The highest BCUT2D eigenvalue weighted by Gasteiger charge is 2.26. The predicted octanol–water partition coefficient (Wildman–Crippen LogP) is 3.04. The second-order valence-electron chi connectivity index (χ2n) is 3.99. The van der Waals surface area contributed by atoms with Gasteiger partial charge in [0, 0.05) is 0 Å². The van der Waals surface area contributed by atoms with Crippen LogP contribution in [-0.2, 0) is 0 Å². The van der Waals surface area contributed by atoms with Gasteiger partial charge in [-0.3, -0.25) is 0 Å². The van der Waals surface area contributed by atoms with Crippen molar-refractivity contribution in [2.24, 2.45) is 11.3 Å². The average Bonchev–Trinajstić information content (AvgIpc) is 1.86. The molecule has 0 nitrogen and oxygen atoms in total. The maximum absolute atomic E-state index is 5.95. The molecule has 58 valence electrons. The topological polar surface area (TPSA) is 0 Å². The second kappa shape index (κ2) is 3.45. The lowest BCUT2D eigenvalue weighted by Gasteiger charge is -2.35. The van der Waals surface area contributed by atoms with Gasteiger partial charge in [-0.25, -0.2) is 0 Å². The van der Waals surface area contributed by atoms with Gasteiger partial charge in [0.1, 0.15) is 0 Å². The fourth-order valence-corrected chi connectivity index (χ4v) is 0.954. The summed E-state index contributed by atoms with van der Waals surface area (Å²) in [6, 6.07) is 0. The van der Waals surface area contributed by atoms with Gasteiger partial charge in [-0.05, 0) is 11.3 Å². The molecule has 0 bridgehead atoms. The molecule has 0 aromatic heterocycles. The Hall–Kier alpha value is 0.0649. The summed E-state index contributed by atoms with van der Waals surface area (Å²) in [5, 5.41) is 0. The molecule has 2 radical (unpaired) electrons. The van der Waals surface area contributed by atoms with Crippen LogP contribution >= 0.6 is 0 Å². The Morgan fingerprint density at radius 3 is 1.80 bits per heavy atom. The van der Waals surface area contributed by atoms with E-state index in [4.69, 9.17) is 7.85 Å². The molecule has 0 fully saturated rings. The molecule has 0 heterocycles. The van der Waals surface area contributed by atoms with Crippen LogP contribution in [0.1, 0.15) is 41.0 Å². The van der Waals surface area contributed by atoms with E-state index in [1.54, 1.807) is 0 Å². The highest BCUT2D eigenvalue weighted by Crippen LogP contribution is 2.38. The number of hydrogen-bond acceptors (Lipinski definition) is 0. The molecule has 0 aliphatic carbocycles. The van der Waals surface area contributed by atoms with Crippen LogP contribution in [0.2, 0.25) is 5.82 Å². The van der Waals surface area contributed by atoms with Crippen LogP contribution < -0.4 is 0 Å². The molecule has 1 atom stereocenters. The van der Waals surface area contributed by atoms with Gasteiger partial charge in [0.2, 0.25) is 0 Å². The summed E-state index contributed by atoms with van der Waals surface area (Å²) in [5.41, 5.74) is 0.286. The average molecular weight is 138 g/mol. The maximum Gasteiger partial charge on any atom is 0.0706 e. The van der Waals surface area contributed by atoms with Crippen LogP contribution in [-0.4, -0.2) is 7.85 Å². The van der Waals surface area contributed by atoms with Gasteiger partial charge >= 0.3 is 0 Å². The zero-order chi connectivity index (χ0) is 8.36. The Bertz CT molecular complexity index is 94.9. The fourth-order valence-electron chi connectivity index (χ4n) is 0.954. The van der Waals surface area contributed by atoms with Gasteiger partial charge in [-0.1, -0.05) is 46.9 Å². The van der Waals surface area contributed by atoms with E-state index in [-0.39, 0.29) is 5.41 Å². The third kappa shape index (κ3) is 2.03. The highest BCUT2D eigenvalue weighted by atomic mass is 14.3. The summed E-state index contributed by atoms with van der Waals surface area (Å²) in [6.45, 7) is 11.1. The molecule has 1 unspecified atom stereocenters. The Morgan fingerprint density at radius 2 is 1.70 bits per heavy atom. The molecule has 10 heavy (non-hydrogen) atoms. The van der Waals surface area contributed by atoms with Crippen molar-refractivity contribution in [3.63, 3.8) is 0 Å². The van der Waals surface area contributed by atoms with Crippen molar-refractivity contribution in [1.82, 2.24) is 0 Å². The van der Waals surface area contributed by atoms with Crippen molar-refractivity contribution in [2.75, 3.05) is 0 Å². The van der Waals surface area contributed by atoms with E-state index in [9.17, 15) is 0 Å². The quantitative estimate of drug-likeness (QED) is 0.526. The van der Waals surface area contributed by atoms with E-state index in [2.05, 4.69) is 34.6 Å². The van der Waals surface area contributed by atoms with Gasteiger partial charge in [0.25, 0.3) is 0 Å². The first kappa shape index (κ1) is 10.1. The standard InChI is InChI=1S/C9H19B/c1-6-8(10)9(4,5)7(2)3/h7-8H,6H2,1-5H3. The number of hydrogen-bond donors (Lipinski definition) is 0. The van der Waals surface area contributed by atoms with E-state index < -0.39 is 0 Å². The molecule has 0 aromatic carbocycles. The summed E-state index contributed by atoms with van der Waals surface area (Å²) in [4.78, 5) is 0. The van der Waals surface area contributed by atoms with Crippen molar-refractivity contribution < 1.29 is 0 Å². The van der Waals surface area contributed by atoms with Gasteiger partial charge in [0.05, 0.1) is 7.85 Å². The normalized spacial score (nSPS) is 15.8. The van der Waals surface area contributed by atoms with Crippen LogP contribution in [0.4, 0.5) is 0 Å². The Labute approximate surface area is 66.8 Å². The predicted molar refractivity (Wildman–Crippen MR) is 48.4 cm³/mol. The lowest BCUT2D eigenvalue weighted by Crippen LogP contribution is -2.25. The van der Waals surface area contributed by atoms with Crippen LogP contribution in [0.5, 0.6) is 0 Å². The molecule has 0 rings (SSSR count). The van der Waals surface area contributed by atoms with Crippen molar-refractivity contribution in [1.29, 1.82) is 0 Å².